The number of amides is 2. The summed E-state index contributed by atoms with van der Waals surface area (Å²) in [5.74, 6) is 0.310. The van der Waals surface area contributed by atoms with E-state index in [9.17, 15) is 14.0 Å². The predicted octanol–water partition coefficient (Wildman–Crippen LogP) is 2.97. The molecule has 2 aromatic rings. The topological polar surface area (TPSA) is 58.6 Å². The van der Waals surface area contributed by atoms with Crippen molar-refractivity contribution in [3.63, 3.8) is 0 Å². The molecule has 0 radical (unpaired) electrons. The molecule has 1 aliphatic rings. The van der Waals surface area contributed by atoms with E-state index in [0.29, 0.717) is 44.5 Å². The van der Waals surface area contributed by atoms with Crippen LogP contribution < -0.4 is 10.1 Å². The average molecular weight is 398 g/mol. The quantitative estimate of drug-likeness (QED) is 0.780. The highest BCUT2D eigenvalue weighted by Crippen LogP contribution is 2.20. The number of methoxy groups -OCH3 is 1. The van der Waals surface area contributed by atoms with Crippen molar-refractivity contribution in [2.24, 2.45) is 5.92 Å². The highest BCUT2D eigenvalue weighted by atomic mass is 19.1. The molecule has 1 aliphatic heterocycles. The normalized spacial score (nSPS) is 14.5. The molecule has 29 heavy (non-hydrogen) atoms. The number of hydrogen-bond donors (Lipinski definition) is 1. The van der Waals surface area contributed by atoms with Gasteiger partial charge in [-0.2, -0.15) is 0 Å². The molecule has 5 nitrogen and oxygen atoms in total. The van der Waals surface area contributed by atoms with E-state index in [1.807, 2.05) is 24.3 Å². The van der Waals surface area contributed by atoms with E-state index in [-0.39, 0.29) is 30.0 Å². The fraction of sp³-hybridized carbons (Fsp3) is 0.391. The molecule has 1 saturated heterocycles. The Kier molecular flexibility index (Phi) is 7.22. The Morgan fingerprint density at radius 3 is 2.41 bits per heavy atom. The molecule has 2 aromatic carbocycles. The number of likely N-dealkylation sites (tertiary alicyclic amines) is 1. The second-order valence-electron chi connectivity index (χ2n) is 7.28. The van der Waals surface area contributed by atoms with Crippen LogP contribution in [0.15, 0.2) is 48.5 Å². The number of hydrogen-bond acceptors (Lipinski definition) is 3. The lowest BCUT2D eigenvalue weighted by Gasteiger charge is -2.31. The Balaban J connectivity index is 1.42. The lowest BCUT2D eigenvalue weighted by atomic mass is 9.95. The summed E-state index contributed by atoms with van der Waals surface area (Å²) in [5.41, 5.74) is 1.47. The molecule has 0 aliphatic carbocycles. The Bertz CT molecular complexity index is 848. The Morgan fingerprint density at radius 1 is 1.07 bits per heavy atom. The zero-order chi connectivity index (χ0) is 20.6. The van der Waals surface area contributed by atoms with E-state index in [1.54, 1.807) is 30.2 Å². The zero-order valence-corrected chi connectivity index (χ0v) is 16.7. The van der Waals surface area contributed by atoms with Crippen LogP contribution in [0.1, 0.15) is 24.0 Å². The summed E-state index contributed by atoms with van der Waals surface area (Å²) in [6, 6.07) is 14.1. The van der Waals surface area contributed by atoms with Crippen molar-refractivity contribution in [2.45, 2.75) is 25.7 Å². The van der Waals surface area contributed by atoms with Gasteiger partial charge in [0.15, 0.2) is 0 Å². The number of carbonyl (C=O) groups is 2. The van der Waals surface area contributed by atoms with Crippen LogP contribution in [0.5, 0.6) is 5.75 Å². The first-order chi connectivity index (χ1) is 14.1. The molecule has 0 bridgehead atoms. The molecule has 1 fully saturated rings. The second kappa shape index (κ2) is 10.0. The van der Waals surface area contributed by atoms with Gasteiger partial charge in [0, 0.05) is 25.6 Å². The van der Waals surface area contributed by atoms with Gasteiger partial charge in [-0.15, -0.1) is 0 Å². The maximum atomic E-state index is 13.7. The first-order valence-electron chi connectivity index (χ1n) is 9.99. The minimum atomic E-state index is -0.356. The molecule has 0 atom stereocenters. The van der Waals surface area contributed by atoms with Gasteiger partial charge in [-0.05, 0) is 42.5 Å². The van der Waals surface area contributed by atoms with Crippen LogP contribution in [-0.4, -0.2) is 43.5 Å². The van der Waals surface area contributed by atoms with Crippen LogP contribution in [0.4, 0.5) is 4.39 Å². The fourth-order valence-corrected chi connectivity index (χ4v) is 3.68. The van der Waals surface area contributed by atoms with Crippen molar-refractivity contribution in [1.29, 1.82) is 0 Å². The second-order valence-corrected chi connectivity index (χ2v) is 7.28. The Labute approximate surface area is 170 Å². The van der Waals surface area contributed by atoms with Gasteiger partial charge in [-0.1, -0.05) is 36.4 Å². The standard InChI is InChI=1S/C23H27FN2O3/c1-29-21-9-5-3-6-17(21)10-13-25-23(28)18-11-14-26(15-12-18)22(27)16-19-7-2-4-8-20(19)24/h2-9,18H,10-16H2,1H3,(H,25,28). The molecule has 0 unspecified atom stereocenters. The van der Waals surface area contributed by atoms with Crippen LogP contribution >= 0.6 is 0 Å². The van der Waals surface area contributed by atoms with Gasteiger partial charge in [0.05, 0.1) is 13.5 Å². The average Bonchev–Trinajstić information content (AvgIpc) is 2.75. The molecular weight excluding hydrogens is 371 g/mol. The first kappa shape index (κ1) is 20.8. The number of carbonyl (C=O) groups excluding carboxylic acids is 2. The predicted molar refractivity (Wildman–Crippen MR) is 109 cm³/mol. The van der Waals surface area contributed by atoms with E-state index in [2.05, 4.69) is 5.32 Å². The third-order valence-corrected chi connectivity index (χ3v) is 5.40. The SMILES string of the molecule is COc1ccccc1CCNC(=O)C1CCN(C(=O)Cc2ccccc2F)CC1. The first-order valence-corrected chi connectivity index (χ1v) is 9.99. The highest BCUT2D eigenvalue weighted by molar-refractivity contribution is 5.81. The van der Waals surface area contributed by atoms with E-state index < -0.39 is 0 Å². The van der Waals surface area contributed by atoms with Crippen molar-refractivity contribution in [3.05, 3.63) is 65.5 Å². The molecule has 2 amide bonds. The molecule has 0 saturated carbocycles. The molecule has 0 aromatic heterocycles. The smallest absolute Gasteiger partial charge is 0.227 e. The van der Waals surface area contributed by atoms with E-state index >= 15 is 0 Å². The van der Waals surface area contributed by atoms with E-state index in [1.165, 1.54) is 6.07 Å². The van der Waals surface area contributed by atoms with Crippen molar-refractivity contribution < 1.29 is 18.7 Å². The van der Waals surface area contributed by atoms with E-state index in [4.69, 9.17) is 4.74 Å². The van der Waals surface area contributed by atoms with Gasteiger partial charge in [0.1, 0.15) is 11.6 Å². The monoisotopic (exact) mass is 398 g/mol. The lowest BCUT2D eigenvalue weighted by molar-refractivity contribution is -0.135. The number of nitrogens with zero attached hydrogens (tertiary/aromatic N) is 1. The minimum absolute atomic E-state index is 0.0288. The summed E-state index contributed by atoms with van der Waals surface area (Å²) in [5, 5.41) is 3.00. The van der Waals surface area contributed by atoms with Crippen LogP contribution in [-0.2, 0) is 22.4 Å². The molecule has 1 heterocycles. The summed E-state index contributed by atoms with van der Waals surface area (Å²) < 4.78 is 19.1. The molecule has 1 N–H and O–H groups in total. The van der Waals surface area contributed by atoms with E-state index in [0.717, 1.165) is 11.3 Å². The van der Waals surface area contributed by atoms with Gasteiger partial charge in [0.25, 0.3) is 0 Å². The van der Waals surface area contributed by atoms with Gasteiger partial charge in [-0.25, -0.2) is 4.39 Å². The third kappa shape index (κ3) is 5.56. The number of rotatable bonds is 7. The summed E-state index contributed by atoms with van der Waals surface area (Å²) in [7, 11) is 1.64. The summed E-state index contributed by atoms with van der Waals surface area (Å²) in [6.45, 7) is 1.60. The third-order valence-electron chi connectivity index (χ3n) is 5.40. The fourth-order valence-electron chi connectivity index (χ4n) is 3.68. The van der Waals surface area contributed by atoms with Crippen LogP contribution in [0, 0.1) is 11.7 Å². The maximum absolute atomic E-state index is 13.7. The maximum Gasteiger partial charge on any atom is 0.227 e. The highest BCUT2D eigenvalue weighted by Gasteiger charge is 2.27. The number of benzene rings is 2. The largest absolute Gasteiger partial charge is 0.496 e. The Hall–Kier alpha value is -2.89. The minimum Gasteiger partial charge on any atom is -0.496 e. The van der Waals surface area contributed by atoms with Crippen molar-refractivity contribution in [3.8, 4) is 5.75 Å². The van der Waals surface area contributed by atoms with Gasteiger partial charge < -0.3 is 15.0 Å². The molecule has 6 heteroatoms. The number of nitrogens with one attached hydrogen (secondary N) is 1. The van der Waals surface area contributed by atoms with Crippen LogP contribution in [0.25, 0.3) is 0 Å². The zero-order valence-electron chi connectivity index (χ0n) is 16.7. The number of ether oxygens (including phenoxy) is 1. The van der Waals surface area contributed by atoms with Gasteiger partial charge in [-0.3, -0.25) is 9.59 Å². The van der Waals surface area contributed by atoms with Crippen LogP contribution in [0.2, 0.25) is 0 Å². The lowest BCUT2D eigenvalue weighted by Crippen LogP contribution is -2.43. The molecule has 0 spiro atoms. The van der Waals surface area contributed by atoms with Gasteiger partial charge >= 0.3 is 0 Å². The van der Waals surface area contributed by atoms with Crippen molar-refractivity contribution >= 4 is 11.8 Å². The number of para-hydroxylation sites is 1. The molecule has 3 rings (SSSR count). The number of piperidine rings is 1. The summed E-state index contributed by atoms with van der Waals surface area (Å²) in [6.07, 6.45) is 2.02. The van der Waals surface area contributed by atoms with Gasteiger partial charge in [0.2, 0.25) is 11.8 Å². The summed E-state index contributed by atoms with van der Waals surface area (Å²) >= 11 is 0. The van der Waals surface area contributed by atoms with Crippen LogP contribution in [0.3, 0.4) is 0 Å². The molecule has 154 valence electrons. The summed E-state index contributed by atoms with van der Waals surface area (Å²) in [4.78, 5) is 26.6. The molecular formula is C23H27FN2O3. The Morgan fingerprint density at radius 2 is 1.72 bits per heavy atom. The van der Waals surface area contributed by atoms with Crippen molar-refractivity contribution in [1.82, 2.24) is 10.2 Å². The van der Waals surface area contributed by atoms with Crippen molar-refractivity contribution in [2.75, 3.05) is 26.7 Å². The number of halogens is 1.